The minimum atomic E-state index is 0.785. The Morgan fingerprint density at radius 1 is 1.46 bits per heavy atom. The Kier molecular flexibility index (Phi) is 3.32. The van der Waals surface area contributed by atoms with E-state index in [1.165, 1.54) is 16.7 Å². The first-order valence-electron chi connectivity index (χ1n) is 4.21. The summed E-state index contributed by atoms with van der Waals surface area (Å²) in [4.78, 5) is 0. The van der Waals surface area contributed by atoms with Gasteiger partial charge in [0.1, 0.15) is 0 Å². The lowest BCUT2D eigenvalue weighted by molar-refractivity contribution is 1.41. The van der Waals surface area contributed by atoms with Gasteiger partial charge in [-0.1, -0.05) is 36.4 Å². The Hall–Kier alpha value is -1.01. The highest BCUT2D eigenvalue weighted by Crippen LogP contribution is 2.21. The normalized spacial score (nSPS) is 11.5. The van der Waals surface area contributed by atoms with Crippen molar-refractivity contribution in [1.29, 1.82) is 0 Å². The second-order valence-electron chi connectivity index (χ2n) is 3.04. The fraction of sp³-hybridized carbons (Fsp3) is 0.167. The predicted octanol–water partition coefficient (Wildman–Crippen LogP) is 4.24. The Labute approximate surface area is 84.5 Å². The molecule has 0 nitrogen and oxygen atoms in total. The molecule has 13 heavy (non-hydrogen) atoms. The third kappa shape index (κ3) is 2.46. The van der Waals surface area contributed by atoms with Crippen molar-refractivity contribution in [2.75, 3.05) is 0 Å². The third-order valence-corrected chi connectivity index (χ3v) is 2.22. The summed E-state index contributed by atoms with van der Waals surface area (Å²) < 4.78 is 0. The first kappa shape index (κ1) is 10.1. The van der Waals surface area contributed by atoms with Crippen LogP contribution in [-0.4, -0.2) is 0 Å². The lowest BCUT2D eigenvalue weighted by Crippen LogP contribution is -1.84. The number of hydrogen-bond acceptors (Lipinski definition) is 0. The zero-order valence-electron chi connectivity index (χ0n) is 7.97. The van der Waals surface area contributed by atoms with Crippen molar-refractivity contribution in [1.82, 2.24) is 0 Å². The van der Waals surface area contributed by atoms with Crippen LogP contribution in [0.25, 0.3) is 5.57 Å². The zero-order valence-corrected chi connectivity index (χ0v) is 8.73. The molecule has 0 aliphatic heterocycles. The summed E-state index contributed by atoms with van der Waals surface area (Å²) >= 11 is 5.86. The second kappa shape index (κ2) is 4.29. The van der Waals surface area contributed by atoms with E-state index >= 15 is 0 Å². The van der Waals surface area contributed by atoms with Crippen molar-refractivity contribution in [3.05, 3.63) is 53.1 Å². The predicted molar refractivity (Wildman–Crippen MR) is 60.0 cm³/mol. The molecular formula is C12H13Cl. The standard InChI is InChI=1S/C12H13Cl/c1-4-5-9(2)12-7-6-11(13)8-10(12)3/h4-8H,1H2,2-3H3/b9-5-. The van der Waals surface area contributed by atoms with Crippen molar-refractivity contribution >= 4 is 17.2 Å². The molecule has 0 aliphatic carbocycles. The molecule has 0 unspecified atom stereocenters. The molecule has 0 bridgehead atoms. The van der Waals surface area contributed by atoms with E-state index in [1.807, 2.05) is 24.3 Å². The lowest BCUT2D eigenvalue weighted by atomic mass is 10.0. The Morgan fingerprint density at radius 2 is 2.15 bits per heavy atom. The summed E-state index contributed by atoms with van der Waals surface area (Å²) in [5.41, 5.74) is 3.64. The summed E-state index contributed by atoms with van der Waals surface area (Å²) in [6.45, 7) is 7.80. The monoisotopic (exact) mass is 192 g/mol. The number of allylic oxidation sites excluding steroid dienone is 3. The van der Waals surface area contributed by atoms with E-state index in [1.54, 1.807) is 6.08 Å². The smallest absolute Gasteiger partial charge is 0.0409 e. The van der Waals surface area contributed by atoms with Crippen LogP contribution in [0.5, 0.6) is 0 Å². The third-order valence-electron chi connectivity index (χ3n) is 1.98. The summed E-state index contributed by atoms with van der Waals surface area (Å²) in [6.07, 6.45) is 3.79. The van der Waals surface area contributed by atoms with E-state index in [0.29, 0.717) is 0 Å². The molecule has 0 atom stereocenters. The Bertz CT molecular complexity index is 348. The van der Waals surface area contributed by atoms with Gasteiger partial charge in [0.05, 0.1) is 0 Å². The van der Waals surface area contributed by atoms with Crippen LogP contribution in [0.2, 0.25) is 5.02 Å². The van der Waals surface area contributed by atoms with Crippen molar-refractivity contribution in [2.24, 2.45) is 0 Å². The van der Waals surface area contributed by atoms with Crippen LogP contribution in [0, 0.1) is 6.92 Å². The van der Waals surface area contributed by atoms with E-state index in [2.05, 4.69) is 20.4 Å². The highest BCUT2D eigenvalue weighted by Gasteiger charge is 1.99. The maximum atomic E-state index is 5.86. The van der Waals surface area contributed by atoms with Gasteiger partial charge in [0.25, 0.3) is 0 Å². The quantitative estimate of drug-likeness (QED) is 0.615. The molecule has 0 fully saturated rings. The maximum Gasteiger partial charge on any atom is 0.0409 e. The van der Waals surface area contributed by atoms with E-state index in [0.717, 1.165) is 5.02 Å². The molecule has 68 valence electrons. The fourth-order valence-electron chi connectivity index (χ4n) is 1.34. The highest BCUT2D eigenvalue weighted by molar-refractivity contribution is 6.30. The fourth-order valence-corrected chi connectivity index (χ4v) is 1.56. The van der Waals surface area contributed by atoms with Crippen LogP contribution in [0.15, 0.2) is 36.9 Å². The minimum Gasteiger partial charge on any atom is -0.0991 e. The molecule has 0 N–H and O–H groups in total. The summed E-state index contributed by atoms with van der Waals surface area (Å²) in [6, 6.07) is 5.91. The van der Waals surface area contributed by atoms with Crippen LogP contribution >= 0.6 is 11.6 Å². The van der Waals surface area contributed by atoms with Gasteiger partial charge in [0, 0.05) is 5.02 Å². The molecule has 0 radical (unpaired) electrons. The van der Waals surface area contributed by atoms with E-state index in [4.69, 9.17) is 11.6 Å². The van der Waals surface area contributed by atoms with Gasteiger partial charge >= 0.3 is 0 Å². The molecule has 1 heteroatoms. The van der Waals surface area contributed by atoms with Gasteiger partial charge in [-0.2, -0.15) is 0 Å². The molecule has 0 spiro atoms. The van der Waals surface area contributed by atoms with E-state index in [9.17, 15) is 0 Å². The summed E-state index contributed by atoms with van der Waals surface area (Å²) in [5.74, 6) is 0. The van der Waals surface area contributed by atoms with E-state index < -0.39 is 0 Å². The average molecular weight is 193 g/mol. The molecule has 0 aromatic heterocycles. The van der Waals surface area contributed by atoms with Crippen LogP contribution < -0.4 is 0 Å². The zero-order chi connectivity index (χ0) is 9.84. The SMILES string of the molecule is C=C/C=C(/C)c1ccc(Cl)cc1C. The summed E-state index contributed by atoms with van der Waals surface area (Å²) in [7, 11) is 0. The van der Waals surface area contributed by atoms with Crippen molar-refractivity contribution < 1.29 is 0 Å². The van der Waals surface area contributed by atoms with Crippen molar-refractivity contribution in [3.8, 4) is 0 Å². The Morgan fingerprint density at radius 3 is 2.69 bits per heavy atom. The van der Waals surface area contributed by atoms with Crippen LogP contribution in [0.3, 0.4) is 0 Å². The van der Waals surface area contributed by atoms with Gasteiger partial charge in [-0.15, -0.1) is 0 Å². The van der Waals surface area contributed by atoms with Gasteiger partial charge in [-0.05, 0) is 42.7 Å². The number of hydrogen-bond donors (Lipinski definition) is 0. The minimum absolute atomic E-state index is 0.785. The maximum absolute atomic E-state index is 5.86. The van der Waals surface area contributed by atoms with E-state index in [-0.39, 0.29) is 0 Å². The highest BCUT2D eigenvalue weighted by atomic mass is 35.5. The van der Waals surface area contributed by atoms with Crippen LogP contribution in [0.1, 0.15) is 18.1 Å². The number of benzene rings is 1. The van der Waals surface area contributed by atoms with Gasteiger partial charge in [0.2, 0.25) is 0 Å². The summed E-state index contributed by atoms with van der Waals surface area (Å²) in [5, 5.41) is 0.785. The van der Waals surface area contributed by atoms with Gasteiger partial charge in [-0.3, -0.25) is 0 Å². The average Bonchev–Trinajstić information content (AvgIpc) is 2.04. The molecule has 1 rings (SSSR count). The molecule has 0 heterocycles. The van der Waals surface area contributed by atoms with Gasteiger partial charge in [-0.25, -0.2) is 0 Å². The van der Waals surface area contributed by atoms with Gasteiger partial charge in [0.15, 0.2) is 0 Å². The number of halogens is 1. The van der Waals surface area contributed by atoms with Gasteiger partial charge < -0.3 is 0 Å². The first-order valence-corrected chi connectivity index (χ1v) is 4.59. The molecular weight excluding hydrogens is 180 g/mol. The largest absolute Gasteiger partial charge is 0.0991 e. The molecule has 0 saturated carbocycles. The second-order valence-corrected chi connectivity index (χ2v) is 3.48. The van der Waals surface area contributed by atoms with Crippen molar-refractivity contribution in [2.45, 2.75) is 13.8 Å². The molecule has 1 aromatic rings. The topological polar surface area (TPSA) is 0 Å². The molecule has 0 saturated heterocycles. The number of rotatable bonds is 2. The Balaban J connectivity index is 3.15. The van der Waals surface area contributed by atoms with Crippen LogP contribution in [0.4, 0.5) is 0 Å². The molecule has 0 amide bonds. The van der Waals surface area contributed by atoms with Crippen molar-refractivity contribution in [3.63, 3.8) is 0 Å². The first-order chi connectivity index (χ1) is 6.15. The molecule has 0 aliphatic rings. The van der Waals surface area contributed by atoms with Crippen LogP contribution in [-0.2, 0) is 0 Å². The lowest BCUT2D eigenvalue weighted by Gasteiger charge is -2.05. The molecule has 1 aromatic carbocycles. The number of aryl methyl sites for hydroxylation is 1.